The highest BCUT2D eigenvalue weighted by atomic mass is 16.4. The number of aromatic nitrogens is 3. The Balaban J connectivity index is 1.64. The summed E-state index contributed by atoms with van der Waals surface area (Å²) in [5.41, 5.74) is 5.91. The number of rotatable bonds is 2. The molecule has 0 radical (unpaired) electrons. The van der Waals surface area contributed by atoms with Gasteiger partial charge in [-0.3, -0.25) is 0 Å². The zero-order valence-corrected chi connectivity index (χ0v) is 13.5. The zero-order chi connectivity index (χ0) is 16.1. The van der Waals surface area contributed by atoms with Crippen LogP contribution in [0.4, 0.5) is 0 Å². The molecule has 5 rings (SSSR count). The molecule has 0 aliphatic carbocycles. The van der Waals surface area contributed by atoms with Gasteiger partial charge in [-0.25, -0.2) is 0 Å². The minimum absolute atomic E-state index is 0.567. The SMILES string of the molecule is Cc1ccc(-c2nnc(-c3cn4c5c(cccc35)CCC4)o2)cc1. The lowest BCUT2D eigenvalue weighted by Crippen LogP contribution is -2.05. The summed E-state index contributed by atoms with van der Waals surface area (Å²) < 4.78 is 8.30. The first kappa shape index (κ1) is 13.5. The van der Waals surface area contributed by atoms with E-state index in [0.29, 0.717) is 11.8 Å². The summed E-state index contributed by atoms with van der Waals surface area (Å²) in [5.74, 6) is 1.16. The van der Waals surface area contributed by atoms with Crippen LogP contribution < -0.4 is 0 Å². The highest BCUT2D eigenvalue weighted by molar-refractivity contribution is 5.96. The summed E-state index contributed by atoms with van der Waals surface area (Å²) in [6.45, 7) is 3.11. The number of para-hydroxylation sites is 1. The maximum Gasteiger partial charge on any atom is 0.250 e. The summed E-state index contributed by atoms with van der Waals surface area (Å²) in [6, 6.07) is 14.6. The van der Waals surface area contributed by atoms with Crippen molar-refractivity contribution in [3.8, 4) is 22.9 Å². The molecule has 0 amide bonds. The predicted molar refractivity (Wildman–Crippen MR) is 93.7 cm³/mol. The van der Waals surface area contributed by atoms with Gasteiger partial charge in [-0.15, -0.1) is 10.2 Å². The third-order valence-electron chi connectivity index (χ3n) is 4.78. The summed E-state index contributed by atoms with van der Waals surface area (Å²) in [4.78, 5) is 0. The van der Waals surface area contributed by atoms with Crippen molar-refractivity contribution in [1.82, 2.24) is 14.8 Å². The molecule has 0 atom stereocenters. The first-order valence-electron chi connectivity index (χ1n) is 8.31. The lowest BCUT2D eigenvalue weighted by molar-refractivity contribution is 0.584. The number of nitrogens with zero attached hydrogens (tertiary/aromatic N) is 3. The van der Waals surface area contributed by atoms with Gasteiger partial charge in [-0.1, -0.05) is 35.9 Å². The van der Waals surface area contributed by atoms with E-state index in [1.807, 2.05) is 12.1 Å². The summed E-state index contributed by atoms with van der Waals surface area (Å²) >= 11 is 0. The van der Waals surface area contributed by atoms with E-state index in [1.54, 1.807) is 0 Å². The molecule has 2 aromatic heterocycles. The Morgan fingerprint density at radius 2 is 1.83 bits per heavy atom. The van der Waals surface area contributed by atoms with Crippen molar-refractivity contribution in [2.24, 2.45) is 0 Å². The van der Waals surface area contributed by atoms with Gasteiger partial charge in [-0.05, 0) is 37.5 Å². The molecule has 1 aliphatic rings. The average molecular weight is 315 g/mol. The van der Waals surface area contributed by atoms with Crippen LogP contribution in [0.15, 0.2) is 53.1 Å². The fourth-order valence-corrected chi connectivity index (χ4v) is 3.57. The highest BCUT2D eigenvalue weighted by Crippen LogP contribution is 2.35. The van der Waals surface area contributed by atoms with Crippen molar-refractivity contribution in [1.29, 1.82) is 0 Å². The van der Waals surface area contributed by atoms with E-state index in [4.69, 9.17) is 4.42 Å². The van der Waals surface area contributed by atoms with Crippen LogP contribution in [0.25, 0.3) is 33.8 Å². The number of benzene rings is 2. The van der Waals surface area contributed by atoms with Gasteiger partial charge in [0.1, 0.15) is 0 Å². The Morgan fingerprint density at radius 1 is 1.00 bits per heavy atom. The molecule has 0 saturated heterocycles. The fourth-order valence-electron chi connectivity index (χ4n) is 3.57. The molecule has 0 N–H and O–H groups in total. The van der Waals surface area contributed by atoms with E-state index < -0.39 is 0 Å². The molecule has 24 heavy (non-hydrogen) atoms. The molecule has 4 aromatic rings. The molecule has 3 heterocycles. The lowest BCUT2D eigenvalue weighted by Gasteiger charge is -2.14. The summed E-state index contributed by atoms with van der Waals surface area (Å²) in [6.07, 6.45) is 4.47. The zero-order valence-electron chi connectivity index (χ0n) is 13.5. The standard InChI is InChI=1S/C20H17N3O/c1-13-7-9-15(10-8-13)19-21-22-20(24-19)17-12-23-11-3-5-14-4-2-6-16(17)18(14)23/h2,4,6-10,12H,3,5,11H2,1H3. The van der Waals surface area contributed by atoms with Gasteiger partial charge in [0.25, 0.3) is 0 Å². The molecule has 0 spiro atoms. The van der Waals surface area contributed by atoms with Gasteiger partial charge in [0.05, 0.1) is 11.1 Å². The van der Waals surface area contributed by atoms with E-state index >= 15 is 0 Å². The maximum atomic E-state index is 5.99. The van der Waals surface area contributed by atoms with Gasteiger partial charge in [-0.2, -0.15) is 0 Å². The number of hydrogen-bond acceptors (Lipinski definition) is 3. The quantitative estimate of drug-likeness (QED) is 0.542. The van der Waals surface area contributed by atoms with Crippen LogP contribution in [-0.4, -0.2) is 14.8 Å². The van der Waals surface area contributed by atoms with E-state index in [1.165, 1.54) is 28.5 Å². The molecular weight excluding hydrogens is 298 g/mol. The van der Waals surface area contributed by atoms with E-state index in [0.717, 1.165) is 24.1 Å². The van der Waals surface area contributed by atoms with Crippen molar-refractivity contribution in [2.75, 3.05) is 0 Å². The number of hydrogen-bond donors (Lipinski definition) is 0. The Hall–Kier alpha value is -2.88. The van der Waals surface area contributed by atoms with E-state index in [9.17, 15) is 0 Å². The third kappa shape index (κ3) is 1.99. The van der Waals surface area contributed by atoms with Crippen LogP contribution in [0, 0.1) is 6.92 Å². The van der Waals surface area contributed by atoms with Crippen molar-refractivity contribution >= 4 is 10.9 Å². The van der Waals surface area contributed by atoms with Crippen molar-refractivity contribution < 1.29 is 4.42 Å². The monoisotopic (exact) mass is 315 g/mol. The maximum absolute atomic E-state index is 5.99. The van der Waals surface area contributed by atoms with Crippen molar-refractivity contribution in [2.45, 2.75) is 26.3 Å². The van der Waals surface area contributed by atoms with Crippen molar-refractivity contribution in [3.63, 3.8) is 0 Å². The first-order valence-corrected chi connectivity index (χ1v) is 8.31. The summed E-state index contributed by atoms with van der Waals surface area (Å²) in [5, 5.41) is 9.75. The topological polar surface area (TPSA) is 43.9 Å². The highest BCUT2D eigenvalue weighted by Gasteiger charge is 2.20. The molecule has 118 valence electrons. The van der Waals surface area contributed by atoms with Crippen LogP contribution in [0.3, 0.4) is 0 Å². The molecule has 0 unspecified atom stereocenters. The van der Waals surface area contributed by atoms with Gasteiger partial charge < -0.3 is 8.98 Å². The summed E-state index contributed by atoms with van der Waals surface area (Å²) in [7, 11) is 0. The molecule has 0 fully saturated rings. The van der Waals surface area contributed by atoms with Crippen LogP contribution in [0.1, 0.15) is 17.5 Å². The van der Waals surface area contributed by atoms with Crippen LogP contribution >= 0.6 is 0 Å². The molecule has 0 bridgehead atoms. The Morgan fingerprint density at radius 3 is 2.71 bits per heavy atom. The second kappa shape index (κ2) is 5.06. The number of aryl methyl sites for hydroxylation is 3. The second-order valence-electron chi connectivity index (χ2n) is 6.43. The molecule has 0 saturated carbocycles. The third-order valence-corrected chi connectivity index (χ3v) is 4.78. The minimum atomic E-state index is 0.567. The van der Waals surface area contributed by atoms with E-state index in [-0.39, 0.29) is 0 Å². The van der Waals surface area contributed by atoms with Gasteiger partial charge in [0.2, 0.25) is 11.8 Å². The van der Waals surface area contributed by atoms with Crippen LogP contribution in [-0.2, 0) is 13.0 Å². The molecular formula is C20H17N3O. The average Bonchev–Trinajstić information content (AvgIpc) is 3.23. The largest absolute Gasteiger partial charge is 0.416 e. The predicted octanol–water partition coefficient (Wildman–Crippen LogP) is 4.61. The molecule has 4 nitrogen and oxygen atoms in total. The Labute approximate surface area is 139 Å². The Bertz CT molecular complexity index is 1040. The fraction of sp³-hybridized carbons (Fsp3) is 0.200. The van der Waals surface area contributed by atoms with Gasteiger partial charge >= 0.3 is 0 Å². The van der Waals surface area contributed by atoms with Crippen LogP contribution in [0.5, 0.6) is 0 Å². The molecule has 2 aromatic carbocycles. The van der Waals surface area contributed by atoms with Crippen LogP contribution in [0.2, 0.25) is 0 Å². The minimum Gasteiger partial charge on any atom is -0.416 e. The van der Waals surface area contributed by atoms with Crippen molar-refractivity contribution in [3.05, 3.63) is 59.8 Å². The van der Waals surface area contributed by atoms with E-state index in [2.05, 4.69) is 58.2 Å². The normalized spacial score (nSPS) is 13.5. The molecule has 4 heteroatoms. The smallest absolute Gasteiger partial charge is 0.250 e. The van der Waals surface area contributed by atoms with Gasteiger partial charge in [0, 0.05) is 23.7 Å². The first-order chi connectivity index (χ1) is 11.8. The molecule has 1 aliphatic heterocycles. The lowest BCUT2D eigenvalue weighted by atomic mass is 10.0. The second-order valence-corrected chi connectivity index (χ2v) is 6.43. The van der Waals surface area contributed by atoms with Gasteiger partial charge in [0.15, 0.2) is 0 Å². The Kier molecular flexibility index (Phi) is 2.86.